The van der Waals surface area contributed by atoms with E-state index in [1.54, 1.807) is 13.8 Å². The first-order valence-electron chi connectivity index (χ1n) is 5.42. The molecule has 0 aromatic carbocycles. The number of aliphatic hydroxyl groups is 1. The average molecular weight is 235 g/mol. The minimum absolute atomic E-state index is 0.261. The van der Waals surface area contributed by atoms with Crippen molar-refractivity contribution in [2.75, 3.05) is 24.6 Å². The van der Waals surface area contributed by atoms with E-state index in [1.807, 2.05) is 0 Å². The van der Waals surface area contributed by atoms with Crippen LogP contribution in [0, 0.1) is 5.92 Å². The Morgan fingerprint density at radius 1 is 1.47 bits per heavy atom. The van der Waals surface area contributed by atoms with Crippen LogP contribution in [0.3, 0.4) is 0 Å². The summed E-state index contributed by atoms with van der Waals surface area (Å²) in [6, 6.07) is 0. The molecule has 1 atom stereocenters. The predicted molar refractivity (Wildman–Crippen MR) is 60.5 cm³/mol. The molecule has 1 saturated heterocycles. The van der Waals surface area contributed by atoms with Crippen molar-refractivity contribution in [3.63, 3.8) is 0 Å². The molecule has 15 heavy (non-hydrogen) atoms. The van der Waals surface area contributed by atoms with E-state index < -0.39 is 15.4 Å². The first-order valence-corrected chi connectivity index (χ1v) is 7.24. The first kappa shape index (κ1) is 12.9. The summed E-state index contributed by atoms with van der Waals surface area (Å²) in [5.41, 5.74) is -0.644. The highest BCUT2D eigenvalue weighted by Crippen LogP contribution is 2.17. The number of rotatable bonds is 5. The Bertz CT molecular complexity index is 292. The van der Waals surface area contributed by atoms with Crippen LogP contribution in [0.1, 0.15) is 26.7 Å². The highest BCUT2D eigenvalue weighted by molar-refractivity contribution is 7.91. The van der Waals surface area contributed by atoms with Gasteiger partial charge in [0.15, 0.2) is 9.84 Å². The largest absolute Gasteiger partial charge is 0.390 e. The SMILES string of the molecule is CC(C)(O)CCNCC1CCS(=O)(=O)C1. The standard InChI is InChI=1S/C10H21NO3S/c1-10(2,12)4-5-11-7-9-3-6-15(13,14)8-9/h9,11-12H,3-8H2,1-2H3. The van der Waals surface area contributed by atoms with Gasteiger partial charge in [0.1, 0.15) is 0 Å². The number of hydrogen-bond acceptors (Lipinski definition) is 4. The van der Waals surface area contributed by atoms with Gasteiger partial charge in [0.25, 0.3) is 0 Å². The Morgan fingerprint density at radius 3 is 2.60 bits per heavy atom. The molecule has 5 heteroatoms. The van der Waals surface area contributed by atoms with Gasteiger partial charge >= 0.3 is 0 Å². The minimum Gasteiger partial charge on any atom is -0.390 e. The van der Waals surface area contributed by atoms with E-state index in [2.05, 4.69) is 5.32 Å². The van der Waals surface area contributed by atoms with Gasteiger partial charge in [-0.05, 0) is 45.7 Å². The zero-order valence-corrected chi connectivity index (χ0v) is 10.3. The van der Waals surface area contributed by atoms with Crippen molar-refractivity contribution < 1.29 is 13.5 Å². The summed E-state index contributed by atoms with van der Waals surface area (Å²) in [4.78, 5) is 0. The predicted octanol–water partition coefficient (Wildman–Crippen LogP) is 0.172. The molecule has 4 nitrogen and oxygen atoms in total. The van der Waals surface area contributed by atoms with Crippen molar-refractivity contribution in [3.8, 4) is 0 Å². The van der Waals surface area contributed by atoms with Crippen molar-refractivity contribution in [3.05, 3.63) is 0 Å². The molecule has 1 aliphatic rings. The Hall–Kier alpha value is -0.130. The lowest BCUT2D eigenvalue weighted by Crippen LogP contribution is -2.30. The molecular weight excluding hydrogens is 214 g/mol. The van der Waals surface area contributed by atoms with Crippen molar-refractivity contribution in [2.45, 2.75) is 32.3 Å². The third kappa shape index (κ3) is 5.49. The minimum atomic E-state index is -2.75. The second-order valence-corrected chi connectivity index (χ2v) is 7.26. The summed E-state index contributed by atoms with van der Waals surface area (Å²) in [6.07, 6.45) is 1.46. The Kier molecular flexibility index (Phi) is 4.14. The normalized spacial score (nSPS) is 25.7. The van der Waals surface area contributed by atoms with Gasteiger partial charge < -0.3 is 10.4 Å². The quantitative estimate of drug-likeness (QED) is 0.667. The molecule has 1 aliphatic heterocycles. The lowest BCUT2D eigenvalue weighted by molar-refractivity contribution is 0.0710. The van der Waals surface area contributed by atoms with E-state index in [4.69, 9.17) is 0 Å². The molecule has 0 aromatic heterocycles. The molecule has 0 aromatic rings. The topological polar surface area (TPSA) is 66.4 Å². The molecule has 0 spiro atoms. The third-order valence-corrected chi connectivity index (χ3v) is 4.51. The molecule has 0 saturated carbocycles. The average Bonchev–Trinajstić information content (AvgIpc) is 2.38. The second kappa shape index (κ2) is 4.80. The maximum atomic E-state index is 11.2. The zero-order valence-electron chi connectivity index (χ0n) is 9.49. The summed E-state index contributed by atoms with van der Waals surface area (Å²) in [6.45, 7) is 5.03. The van der Waals surface area contributed by atoms with Crippen LogP contribution in [0.25, 0.3) is 0 Å². The number of sulfone groups is 1. The molecule has 1 fully saturated rings. The molecule has 1 rings (SSSR count). The highest BCUT2D eigenvalue weighted by atomic mass is 32.2. The van der Waals surface area contributed by atoms with Gasteiger partial charge in [0.05, 0.1) is 17.1 Å². The van der Waals surface area contributed by atoms with Crippen LogP contribution in [0.4, 0.5) is 0 Å². The van der Waals surface area contributed by atoms with Gasteiger partial charge in [0, 0.05) is 0 Å². The van der Waals surface area contributed by atoms with Gasteiger partial charge in [-0.15, -0.1) is 0 Å². The van der Waals surface area contributed by atoms with E-state index in [0.717, 1.165) is 19.5 Å². The number of hydrogen-bond donors (Lipinski definition) is 2. The molecule has 0 aliphatic carbocycles. The van der Waals surface area contributed by atoms with Crippen molar-refractivity contribution >= 4 is 9.84 Å². The summed E-state index contributed by atoms with van der Waals surface area (Å²) >= 11 is 0. The van der Waals surface area contributed by atoms with Gasteiger partial charge in [-0.25, -0.2) is 8.42 Å². The lowest BCUT2D eigenvalue weighted by Gasteiger charge is -2.17. The summed E-state index contributed by atoms with van der Waals surface area (Å²) in [5.74, 6) is 0.921. The third-order valence-electron chi connectivity index (χ3n) is 2.67. The monoisotopic (exact) mass is 235 g/mol. The second-order valence-electron chi connectivity index (χ2n) is 5.04. The molecular formula is C10H21NO3S. The van der Waals surface area contributed by atoms with Crippen molar-refractivity contribution in [2.24, 2.45) is 5.92 Å². The maximum absolute atomic E-state index is 11.2. The molecule has 0 amide bonds. The van der Waals surface area contributed by atoms with E-state index in [-0.39, 0.29) is 5.92 Å². The first-order chi connectivity index (χ1) is 6.79. The zero-order chi connectivity index (χ0) is 11.5. The maximum Gasteiger partial charge on any atom is 0.150 e. The fourth-order valence-corrected chi connectivity index (χ4v) is 3.60. The van der Waals surface area contributed by atoms with E-state index in [1.165, 1.54) is 0 Å². The van der Waals surface area contributed by atoms with Crippen LogP contribution in [-0.2, 0) is 9.84 Å². The Morgan fingerprint density at radius 2 is 2.13 bits per heavy atom. The van der Waals surface area contributed by atoms with E-state index in [9.17, 15) is 13.5 Å². The highest BCUT2D eigenvalue weighted by Gasteiger charge is 2.27. The lowest BCUT2D eigenvalue weighted by atomic mass is 10.1. The van der Waals surface area contributed by atoms with Crippen molar-refractivity contribution in [1.29, 1.82) is 0 Å². The summed E-state index contributed by atoms with van der Waals surface area (Å²) < 4.78 is 22.3. The fourth-order valence-electron chi connectivity index (χ4n) is 1.73. The van der Waals surface area contributed by atoms with Gasteiger partial charge in [-0.1, -0.05) is 0 Å². The van der Waals surface area contributed by atoms with Crippen LogP contribution in [0.2, 0.25) is 0 Å². The fraction of sp³-hybridized carbons (Fsp3) is 1.00. The number of nitrogens with one attached hydrogen (secondary N) is 1. The molecule has 1 unspecified atom stereocenters. The van der Waals surface area contributed by atoms with Crippen molar-refractivity contribution in [1.82, 2.24) is 5.32 Å². The van der Waals surface area contributed by atoms with Crippen LogP contribution in [0.15, 0.2) is 0 Å². The molecule has 1 heterocycles. The van der Waals surface area contributed by atoms with Crippen LogP contribution < -0.4 is 5.32 Å². The summed E-state index contributed by atoms with van der Waals surface area (Å²) in [5, 5.41) is 12.7. The van der Waals surface area contributed by atoms with Gasteiger partial charge in [-0.2, -0.15) is 0 Å². The van der Waals surface area contributed by atoms with Gasteiger partial charge in [-0.3, -0.25) is 0 Å². The van der Waals surface area contributed by atoms with E-state index in [0.29, 0.717) is 17.9 Å². The smallest absolute Gasteiger partial charge is 0.150 e. The van der Waals surface area contributed by atoms with Crippen LogP contribution in [0.5, 0.6) is 0 Å². The Labute approximate surface area is 92.0 Å². The van der Waals surface area contributed by atoms with E-state index >= 15 is 0 Å². The molecule has 0 radical (unpaired) electrons. The van der Waals surface area contributed by atoms with Crippen LogP contribution >= 0.6 is 0 Å². The van der Waals surface area contributed by atoms with Gasteiger partial charge in [0.2, 0.25) is 0 Å². The Balaban J connectivity index is 2.12. The molecule has 90 valence electrons. The molecule has 0 bridgehead atoms. The molecule has 2 N–H and O–H groups in total. The summed E-state index contributed by atoms with van der Waals surface area (Å²) in [7, 11) is -2.75. The van der Waals surface area contributed by atoms with Crippen LogP contribution in [-0.4, -0.2) is 43.7 Å².